The largest absolute Gasteiger partial charge is 0.465 e. The lowest BCUT2D eigenvalue weighted by molar-refractivity contribution is -0.141. The van der Waals surface area contributed by atoms with Gasteiger partial charge in [-0.3, -0.25) is 4.79 Å². The lowest BCUT2D eigenvalue weighted by atomic mass is 10.1. The maximum atomic E-state index is 11.2. The minimum atomic E-state index is -0.296. The van der Waals surface area contributed by atoms with E-state index >= 15 is 0 Å². The van der Waals surface area contributed by atoms with Gasteiger partial charge in [0, 0.05) is 16.0 Å². The van der Waals surface area contributed by atoms with Crippen LogP contribution in [-0.4, -0.2) is 17.6 Å². The van der Waals surface area contributed by atoms with Gasteiger partial charge in [0.15, 0.2) is 5.13 Å². The minimum Gasteiger partial charge on any atom is -0.465 e. The number of nitrogens with zero attached hydrogens (tertiary/aromatic N) is 1. The summed E-state index contributed by atoms with van der Waals surface area (Å²) in [5.41, 5.74) is 8.47. The fourth-order valence-corrected chi connectivity index (χ4v) is 2.54. The van der Waals surface area contributed by atoms with E-state index in [1.54, 1.807) is 6.92 Å². The Kier molecular flexibility index (Phi) is 4.96. The Morgan fingerprint density at radius 1 is 1.38 bits per heavy atom. The van der Waals surface area contributed by atoms with Gasteiger partial charge in [0.1, 0.15) is 6.42 Å². The van der Waals surface area contributed by atoms with Crippen LogP contribution in [0.4, 0.5) is 5.13 Å². The van der Waals surface area contributed by atoms with Crippen LogP contribution in [0.15, 0.2) is 24.3 Å². The van der Waals surface area contributed by atoms with E-state index in [1.807, 2.05) is 31.2 Å². The highest BCUT2D eigenvalue weighted by atomic mass is 32.1. The van der Waals surface area contributed by atoms with Crippen LogP contribution < -0.4 is 5.73 Å². The normalized spacial score (nSPS) is 9.81. The Morgan fingerprint density at radius 3 is 2.67 bits per heavy atom. The fraction of sp³-hybridized carbons (Fsp3) is 0.250. The maximum absolute atomic E-state index is 11.2. The molecule has 21 heavy (non-hydrogen) atoms. The molecule has 108 valence electrons. The van der Waals surface area contributed by atoms with Crippen LogP contribution in [0.3, 0.4) is 0 Å². The molecule has 0 aliphatic heterocycles. The topological polar surface area (TPSA) is 65.2 Å². The van der Waals surface area contributed by atoms with E-state index in [9.17, 15) is 4.79 Å². The summed E-state index contributed by atoms with van der Waals surface area (Å²) in [5.74, 6) is 5.45. The molecule has 1 aromatic carbocycles. The van der Waals surface area contributed by atoms with Crippen molar-refractivity contribution in [2.75, 3.05) is 12.3 Å². The predicted octanol–water partition coefficient (Wildman–Crippen LogP) is 3.01. The van der Waals surface area contributed by atoms with Crippen molar-refractivity contribution in [3.05, 3.63) is 34.7 Å². The number of nitrogens with two attached hydrogens (primary N) is 1. The third-order valence-corrected chi connectivity index (χ3v) is 3.54. The van der Waals surface area contributed by atoms with Gasteiger partial charge in [-0.15, -0.1) is 11.3 Å². The van der Waals surface area contributed by atoms with Gasteiger partial charge < -0.3 is 10.5 Å². The Labute approximate surface area is 128 Å². The van der Waals surface area contributed by atoms with Gasteiger partial charge in [0.2, 0.25) is 0 Å². The van der Waals surface area contributed by atoms with E-state index < -0.39 is 0 Å². The minimum absolute atomic E-state index is 0.108. The van der Waals surface area contributed by atoms with Crippen LogP contribution in [0, 0.1) is 18.8 Å². The molecule has 2 aromatic rings. The first-order valence-electron chi connectivity index (χ1n) is 6.58. The molecule has 2 N–H and O–H groups in total. The Hall–Kier alpha value is -2.32. The standard InChI is InChI=1S/C16H16N2O2S/c1-3-20-14(19)6-4-5-12-7-9-13(10-8-12)15-11(2)21-16(17)18-15/h7-10H,3,6H2,1-2H3,(H2,17,18). The maximum Gasteiger partial charge on any atom is 0.317 e. The molecule has 0 radical (unpaired) electrons. The molecule has 0 saturated carbocycles. The summed E-state index contributed by atoms with van der Waals surface area (Å²) >= 11 is 1.48. The predicted molar refractivity (Wildman–Crippen MR) is 84.8 cm³/mol. The van der Waals surface area contributed by atoms with Gasteiger partial charge >= 0.3 is 5.97 Å². The zero-order valence-corrected chi connectivity index (χ0v) is 12.8. The Morgan fingerprint density at radius 2 is 2.10 bits per heavy atom. The van der Waals surface area contributed by atoms with Crippen molar-refractivity contribution in [2.45, 2.75) is 20.3 Å². The molecule has 1 aromatic heterocycles. The highest BCUT2D eigenvalue weighted by molar-refractivity contribution is 7.15. The number of benzene rings is 1. The number of anilines is 1. The average molecular weight is 300 g/mol. The van der Waals surface area contributed by atoms with E-state index in [-0.39, 0.29) is 12.4 Å². The molecule has 0 fully saturated rings. The number of ether oxygens (including phenoxy) is 1. The second-order valence-corrected chi connectivity index (χ2v) is 5.55. The summed E-state index contributed by atoms with van der Waals surface area (Å²) in [6.07, 6.45) is 0.108. The number of thiazole rings is 1. The third kappa shape index (κ3) is 4.07. The van der Waals surface area contributed by atoms with E-state index in [0.29, 0.717) is 11.7 Å². The molecule has 2 rings (SSSR count). The molecule has 0 saturated heterocycles. The monoisotopic (exact) mass is 300 g/mol. The SMILES string of the molecule is CCOC(=O)CC#Cc1ccc(-c2nc(N)sc2C)cc1. The van der Waals surface area contributed by atoms with Crippen molar-refractivity contribution >= 4 is 22.4 Å². The molecule has 0 bridgehead atoms. The van der Waals surface area contributed by atoms with Crippen LogP contribution in [-0.2, 0) is 9.53 Å². The number of hydrogen-bond donors (Lipinski definition) is 1. The molecule has 0 unspecified atom stereocenters. The fourth-order valence-electron chi connectivity index (χ4n) is 1.83. The van der Waals surface area contributed by atoms with Crippen LogP contribution in [0.5, 0.6) is 0 Å². The number of hydrogen-bond acceptors (Lipinski definition) is 5. The van der Waals surface area contributed by atoms with Crippen LogP contribution >= 0.6 is 11.3 Å². The highest BCUT2D eigenvalue weighted by Gasteiger charge is 2.07. The van der Waals surface area contributed by atoms with Gasteiger partial charge in [-0.05, 0) is 26.0 Å². The summed E-state index contributed by atoms with van der Waals surface area (Å²) in [4.78, 5) is 16.6. The quantitative estimate of drug-likeness (QED) is 0.699. The molecule has 1 heterocycles. The summed E-state index contributed by atoms with van der Waals surface area (Å²) in [6.45, 7) is 4.15. The number of carbonyl (C=O) groups excluding carboxylic acids is 1. The molecule has 0 aliphatic carbocycles. The Balaban J connectivity index is 2.08. The van der Waals surface area contributed by atoms with Gasteiger partial charge in [0.25, 0.3) is 0 Å². The second-order valence-electron chi connectivity index (χ2n) is 4.32. The number of carbonyl (C=O) groups is 1. The van der Waals surface area contributed by atoms with Crippen LogP contribution in [0.1, 0.15) is 23.8 Å². The molecule has 0 aliphatic rings. The smallest absolute Gasteiger partial charge is 0.317 e. The highest BCUT2D eigenvalue weighted by Crippen LogP contribution is 2.28. The van der Waals surface area contributed by atoms with Crippen LogP contribution in [0.25, 0.3) is 11.3 Å². The lowest BCUT2D eigenvalue weighted by Crippen LogP contribution is -2.01. The molecule has 0 atom stereocenters. The van der Waals surface area contributed by atoms with Crippen molar-refractivity contribution in [3.63, 3.8) is 0 Å². The summed E-state index contributed by atoms with van der Waals surface area (Å²) in [6, 6.07) is 7.72. The van der Waals surface area contributed by atoms with Crippen molar-refractivity contribution in [2.24, 2.45) is 0 Å². The summed E-state index contributed by atoms with van der Waals surface area (Å²) < 4.78 is 4.81. The summed E-state index contributed by atoms with van der Waals surface area (Å²) in [7, 11) is 0. The first kappa shape index (κ1) is 15.1. The first-order valence-corrected chi connectivity index (χ1v) is 7.39. The van der Waals surface area contributed by atoms with Crippen molar-refractivity contribution in [1.82, 2.24) is 4.98 Å². The molecule has 4 nitrogen and oxygen atoms in total. The second kappa shape index (κ2) is 6.91. The van der Waals surface area contributed by atoms with Crippen molar-refractivity contribution in [3.8, 4) is 23.1 Å². The third-order valence-electron chi connectivity index (χ3n) is 2.74. The van der Waals surface area contributed by atoms with Crippen molar-refractivity contribution in [1.29, 1.82) is 0 Å². The molecule has 0 amide bonds. The molecular formula is C16H16N2O2S. The molecular weight excluding hydrogens is 284 g/mol. The molecule has 5 heteroatoms. The average Bonchev–Trinajstić information content (AvgIpc) is 2.79. The number of aryl methyl sites for hydroxylation is 1. The Bertz CT molecular complexity index is 693. The van der Waals surface area contributed by atoms with E-state index in [2.05, 4.69) is 16.8 Å². The van der Waals surface area contributed by atoms with Gasteiger partial charge in [-0.25, -0.2) is 4.98 Å². The lowest BCUT2D eigenvalue weighted by Gasteiger charge is -1.99. The number of aromatic nitrogens is 1. The zero-order chi connectivity index (χ0) is 15.2. The van der Waals surface area contributed by atoms with Crippen molar-refractivity contribution < 1.29 is 9.53 Å². The van der Waals surface area contributed by atoms with E-state index in [0.717, 1.165) is 21.7 Å². The molecule has 0 spiro atoms. The number of esters is 1. The number of rotatable bonds is 3. The van der Waals surface area contributed by atoms with Gasteiger partial charge in [-0.2, -0.15) is 0 Å². The zero-order valence-electron chi connectivity index (χ0n) is 12.0. The number of nitrogen functional groups attached to an aromatic ring is 1. The van der Waals surface area contributed by atoms with Crippen LogP contribution in [0.2, 0.25) is 0 Å². The van der Waals surface area contributed by atoms with Gasteiger partial charge in [0.05, 0.1) is 12.3 Å². The van der Waals surface area contributed by atoms with Gasteiger partial charge in [-0.1, -0.05) is 24.0 Å². The first-order chi connectivity index (χ1) is 10.1. The summed E-state index contributed by atoms with van der Waals surface area (Å²) in [5, 5.41) is 0.570. The van der Waals surface area contributed by atoms with E-state index in [4.69, 9.17) is 10.5 Å². The van der Waals surface area contributed by atoms with E-state index in [1.165, 1.54) is 11.3 Å².